The second-order valence-electron chi connectivity index (χ2n) is 3.68. The summed E-state index contributed by atoms with van der Waals surface area (Å²) < 4.78 is 56.0. The van der Waals surface area contributed by atoms with E-state index in [1.165, 1.54) is 12.1 Å². The van der Waals surface area contributed by atoms with Gasteiger partial charge in [0.2, 0.25) is 11.7 Å². The molecule has 1 heterocycles. The second-order valence-corrected chi connectivity index (χ2v) is 4.06. The van der Waals surface area contributed by atoms with Crippen molar-refractivity contribution in [2.45, 2.75) is 6.18 Å². The van der Waals surface area contributed by atoms with E-state index >= 15 is 0 Å². The van der Waals surface area contributed by atoms with Crippen molar-refractivity contribution in [3.63, 3.8) is 0 Å². The van der Waals surface area contributed by atoms with Gasteiger partial charge in [-0.15, -0.1) is 0 Å². The number of aromatic nitrogens is 2. The zero-order valence-corrected chi connectivity index (χ0v) is 10.7. The highest BCUT2D eigenvalue weighted by molar-refractivity contribution is 6.29. The molecule has 0 aliphatic heterocycles. The zero-order valence-electron chi connectivity index (χ0n) is 9.95. The average Bonchev–Trinajstić information content (AvgIpc) is 2.37. The largest absolute Gasteiger partial charge is 0.451 e. The Morgan fingerprint density at radius 3 is 2.57 bits per heavy atom. The van der Waals surface area contributed by atoms with Gasteiger partial charge in [0.05, 0.1) is 0 Å². The normalized spacial score (nSPS) is 11.0. The molecule has 9 heteroatoms. The van der Waals surface area contributed by atoms with E-state index in [-0.39, 0.29) is 5.75 Å². The molecule has 108 valence electrons. The third kappa shape index (κ3) is 3.38. The van der Waals surface area contributed by atoms with Crippen LogP contribution in [0.1, 0.15) is 11.4 Å². The van der Waals surface area contributed by atoms with E-state index in [9.17, 15) is 17.6 Å². The minimum Gasteiger partial charge on any atom is -0.437 e. The van der Waals surface area contributed by atoms with E-state index in [1.54, 1.807) is 6.07 Å². The first-order valence-electron chi connectivity index (χ1n) is 5.29. The molecular weight excluding hydrogens is 314 g/mol. The SMILES string of the molecule is N#Cc1c(F)cccc1Oc1cc(Cl)nc(C(F)(F)F)n1. The highest BCUT2D eigenvalue weighted by Crippen LogP contribution is 2.31. The first-order chi connectivity index (χ1) is 9.81. The lowest BCUT2D eigenvalue weighted by molar-refractivity contribution is -0.145. The Balaban J connectivity index is 2.44. The molecule has 0 radical (unpaired) electrons. The van der Waals surface area contributed by atoms with Gasteiger partial charge in [-0.2, -0.15) is 23.4 Å². The number of hydrogen-bond acceptors (Lipinski definition) is 4. The summed E-state index contributed by atoms with van der Waals surface area (Å²) >= 11 is 5.46. The number of rotatable bonds is 2. The Kier molecular flexibility index (Phi) is 3.95. The molecule has 0 bridgehead atoms. The first kappa shape index (κ1) is 15.0. The van der Waals surface area contributed by atoms with Gasteiger partial charge in [-0.1, -0.05) is 17.7 Å². The second kappa shape index (κ2) is 5.54. The van der Waals surface area contributed by atoms with Crippen LogP contribution in [-0.2, 0) is 6.18 Å². The maximum Gasteiger partial charge on any atom is 0.451 e. The molecule has 0 unspecified atom stereocenters. The van der Waals surface area contributed by atoms with Gasteiger partial charge < -0.3 is 4.74 Å². The van der Waals surface area contributed by atoms with E-state index in [2.05, 4.69) is 9.97 Å². The van der Waals surface area contributed by atoms with Crippen LogP contribution in [0.25, 0.3) is 0 Å². The van der Waals surface area contributed by atoms with E-state index in [0.717, 1.165) is 12.1 Å². The smallest absolute Gasteiger partial charge is 0.437 e. The third-order valence-corrected chi connectivity index (χ3v) is 2.42. The van der Waals surface area contributed by atoms with Crippen molar-refractivity contribution in [3.8, 4) is 17.7 Å². The summed E-state index contributed by atoms with van der Waals surface area (Å²) in [6, 6.07) is 5.93. The summed E-state index contributed by atoms with van der Waals surface area (Å²) in [5.74, 6) is -3.20. The minimum atomic E-state index is -4.82. The standard InChI is InChI=1S/C12H4ClF4N3O/c13-9-4-10(20-11(19-9)12(15,16)17)21-8-3-1-2-7(14)6(8)5-18/h1-4H. The van der Waals surface area contributed by atoms with Crippen LogP contribution in [0.4, 0.5) is 17.6 Å². The van der Waals surface area contributed by atoms with Crippen LogP contribution in [0.3, 0.4) is 0 Å². The van der Waals surface area contributed by atoms with Crippen LogP contribution in [0.5, 0.6) is 11.6 Å². The fraction of sp³-hybridized carbons (Fsp3) is 0.0833. The maximum atomic E-state index is 13.4. The lowest BCUT2D eigenvalue weighted by Crippen LogP contribution is -2.11. The van der Waals surface area contributed by atoms with Gasteiger partial charge >= 0.3 is 6.18 Å². The van der Waals surface area contributed by atoms with E-state index in [0.29, 0.717) is 0 Å². The van der Waals surface area contributed by atoms with Gasteiger partial charge in [-0.25, -0.2) is 9.37 Å². The van der Waals surface area contributed by atoms with Gasteiger partial charge in [0, 0.05) is 6.07 Å². The number of nitriles is 1. The Bertz CT molecular complexity index is 727. The molecule has 0 aliphatic rings. The summed E-state index contributed by atoms with van der Waals surface area (Å²) in [4.78, 5) is 6.15. The summed E-state index contributed by atoms with van der Waals surface area (Å²) in [7, 11) is 0. The Hall–Kier alpha value is -2.40. The molecule has 0 spiro atoms. The topological polar surface area (TPSA) is 58.8 Å². The zero-order chi connectivity index (χ0) is 15.6. The molecule has 0 atom stereocenters. The molecule has 0 aliphatic carbocycles. The van der Waals surface area contributed by atoms with Crippen molar-refractivity contribution in [1.82, 2.24) is 9.97 Å². The van der Waals surface area contributed by atoms with Crippen molar-refractivity contribution >= 4 is 11.6 Å². The summed E-state index contributed by atoms with van der Waals surface area (Å²) in [6.07, 6.45) is -4.82. The molecule has 0 saturated carbocycles. The van der Waals surface area contributed by atoms with E-state index < -0.39 is 34.4 Å². The fourth-order valence-electron chi connectivity index (χ4n) is 1.39. The first-order valence-corrected chi connectivity index (χ1v) is 5.67. The molecule has 1 aromatic carbocycles. The quantitative estimate of drug-likeness (QED) is 0.621. The molecule has 2 rings (SSSR count). The molecule has 0 fully saturated rings. The number of halogens is 5. The number of hydrogen-bond donors (Lipinski definition) is 0. The van der Waals surface area contributed by atoms with Crippen molar-refractivity contribution in [2.24, 2.45) is 0 Å². The van der Waals surface area contributed by atoms with E-state index in [1.807, 2.05) is 0 Å². The Labute approximate surface area is 120 Å². The van der Waals surface area contributed by atoms with Gasteiger partial charge in [-0.3, -0.25) is 0 Å². The van der Waals surface area contributed by atoms with Gasteiger partial charge in [-0.05, 0) is 12.1 Å². The fourth-order valence-corrected chi connectivity index (χ4v) is 1.56. The molecular formula is C12H4ClF4N3O. The van der Waals surface area contributed by atoms with E-state index in [4.69, 9.17) is 21.6 Å². The number of ether oxygens (including phenoxy) is 1. The molecule has 21 heavy (non-hydrogen) atoms. The van der Waals surface area contributed by atoms with Gasteiger partial charge in [0.25, 0.3) is 0 Å². The van der Waals surface area contributed by atoms with Gasteiger partial charge in [0.15, 0.2) is 0 Å². The number of alkyl halides is 3. The molecule has 2 aromatic rings. The highest BCUT2D eigenvalue weighted by Gasteiger charge is 2.35. The predicted octanol–water partition coefficient (Wildman–Crippen LogP) is 3.95. The monoisotopic (exact) mass is 317 g/mol. The van der Waals surface area contributed by atoms with Crippen LogP contribution >= 0.6 is 11.6 Å². The molecule has 1 aromatic heterocycles. The molecule has 0 N–H and O–H groups in total. The van der Waals surface area contributed by atoms with Crippen LogP contribution in [0, 0.1) is 17.1 Å². The summed E-state index contributed by atoms with van der Waals surface area (Å²) in [6.45, 7) is 0. The third-order valence-electron chi connectivity index (χ3n) is 2.23. The maximum absolute atomic E-state index is 13.4. The minimum absolute atomic E-state index is 0.277. The van der Waals surface area contributed by atoms with Crippen molar-refractivity contribution in [2.75, 3.05) is 0 Å². The predicted molar refractivity (Wildman–Crippen MR) is 63.2 cm³/mol. The Morgan fingerprint density at radius 2 is 1.95 bits per heavy atom. The van der Waals surface area contributed by atoms with Crippen LogP contribution in [0.15, 0.2) is 24.3 Å². The molecule has 4 nitrogen and oxygen atoms in total. The summed E-state index contributed by atoms with van der Waals surface area (Å²) in [5, 5.41) is 8.31. The lowest BCUT2D eigenvalue weighted by Gasteiger charge is -2.10. The van der Waals surface area contributed by atoms with Crippen LogP contribution < -0.4 is 4.74 Å². The lowest BCUT2D eigenvalue weighted by atomic mass is 10.2. The van der Waals surface area contributed by atoms with Crippen LogP contribution in [0.2, 0.25) is 5.15 Å². The van der Waals surface area contributed by atoms with Crippen molar-refractivity contribution < 1.29 is 22.3 Å². The highest BCUT2D eigenvalue weighted by atomic mass is 35.5. The molecule has 0 amide bonds. The Morgan fingerprint density at radius 1 is 1.24 bits per heavy atom. The average molecular weight is 318 g/mol. The number of nitrogens with zero attached hydrogens (tertiary/aromatic N) is 3. The van der Waals surface area contributed by atoms with Crippen molar-refractivity contribution in [1.29, 1.82) is 5.26 Å². The number of benzene rings is 1. The molecule has 0 saturated heterocycles. The van der Waals surface area contributed by atoms with Crippen LogP contribution in [-0.4, -0.2) is 9.97 Å². The summed E-state index contributed by atoms with van der Waals surface area (Å²) in [5.41, 5.74) is -0.458. The van der Waals surface area contributed by atoms with Gasteiger partial charge in [0.1, 0.15) is 28.4 Å². The van der Waals surface area contributed by atoms with Crippen molar-refractivity contribution in [3.05, 3.63) is 46.6 Å².